The molecular weight excluding hydrogens is 308 g/mol. The summed E-state index contributed by atoms with van der Waals surface area (Å²) < 4.78 is 1.97. The molecule has 0 aliphatic carbocycles. The summed E-state index contributed by atoms with van der Waals surface area (Å²) in [6.07, 6.45) is 3.39. The second-order valence-electron chi connectivity index (χ2n) is 7.00. The van der Waals surface area contributed by atoms with Crippen LogP contribution in [-0.4, -0.2) is 51.8 Å². The molecule has 4 nitrogen and oxygen atoms in total. The standard InChI is InChI=1S/C18H28N2O2S/c1-2-3-7-23-13-16(21)12-19-9-14-8-15(11-19)17-5-4-6-18(22)20(17)10-14/h4-6,14-16,21H,2-3,7-13H2,1H3/t14-,15+,16+/m0/s1. The molecule has 23 heavy (non-hydrogen) atoms. The molecule has 1 aromatic heterocycles. The Hall–Kier alpha value is -0.780. The molecular formula is C18H28N2O2S. The quantitative estimate of drug-likeness (QED) is 0.775. The number of pyridine rings is 1. The summed E-state index contributed by atoms with van der Waals surface area (Å²) in [6, 6.07) is 5.65. The molecule has 3 rings (SSSR count). The molecule has 1 aromatic rings. The minimum Gasteiger partial charge on any atom is -0.391 e. The highest BCUT2D eigenvalue weighted by atomic mass is 32.2. The fraction of sp³-hybridized carbons (Fsp3) is 0.722. The number of unbranched alkanes of at least 4 members (excludes halogenated alkanes) is 1. The van der Waals surface area contributed by atoms with Gasteiger partial charge < -0.3 is 9.67 Å². The third-order valence-corrected chi connectivity index (χ3v) is 6.17. The van der Waals surface area contributed by atoms with E-state index < -0.39 is 0 Å². The van der Waals surface area contributed by atoms with Gasteiger partial charge in [0, 0.05) is 49.6 Å². The molecule has 3 heterocycles. The molecule has 1 saturated heterocycles. The Bertz CT molecular complexity index is 574. The number of nitrogens with zero attached hydrogens (tertiary/aromatic N) is 2. The Morgan fingerprint density at radius 2 is 2.22 bits per heavy atom. The van der Waals surface area contributed by atoms with E-state index in [0.29, 0.717) is 11.8 Å². The van der Waals surface area contributed by atoms with Crippen molar-refractivity contribution in [1.82, 2.24) is 9.47 Å². The maximum atomic E-state index is 12.0. The van der Waals surface area contributed by atoms with Gasteiger partial charge in [-0.05, 0) is 30.6 Å². The summed E-state index contributed by atoms with van der Waals surface area (Å²) in [4.78, 5) is 14.4. The molecule has 1 fully saturated rings. The molecule has 2 bridgehead atoms. The van der Waals surface area contributed by atoms with E-state index in [9.17, 15) is 9.90 Å². The van der Waals surface area contributed by atoms with Crippen LogP contribution < -0.4 is 5.56 Å². The van der Waals surface area contributed by atoms with Crippen LogP contribution in [0.3, 0.4) is 0 Å². The first kappa shape index (κ1) is 17.1. The third-order valence-electron chi connectivity index (χ3n) is 4.98. The Kier molecular flexibility index (Phi) is 5.83. The van der Waals surface area contributed by atoms with Crippen molar-refractivity contribution in [2.45, 2.75) is 44.8 Å². The van der Waals surface area contributed by atoms with Gasteiger partial charge in [0.05, 0.1) is 6.10 Å². The number of aromatic nitrogens is 1. The van der Waals surface area contributed by atoms with Gasteiger partial charge in [-0.1, -0.05) is 19.4 Å². The zero-order chi connectivity index (χ0) is 16.2. The normalized spacial score (nSPS) is 25.1. The van der Waals surface area contributed by atoms with Gasteiger partial charge in [-0.25, -0.2) is 0 Å². The summed E-state index contributed by atoms with van der Waals surface area (Å²) in [7, 11) is 0. The monoisotopic (exact) mass is 336 g/mol. The minimum atomic E-state index is -0.242. The molecule has 2 aliphatic heterocycles. The minimum absolute atomic E-state index is 0.137. The van der Waals surface area contributed by atoms with Gasteiger partial charge >= 0.3 is 0 Å². The number of thioether (sulfide) groups is 1. The van der Waals surface area contributed by atoms with Gasteiger partial charge in [0.15, 0.2) is 0 Å². The van der Waals surface area contributed by atoms with E-state index in [1.165, 1.54) is 25.0 Å². The van der Waals surface area contributed by atoms with Crippen LogP contribution in [0.5, 0.6) is 0 Å². The van der Waals surface area contributed by atoms with Crippen molar-refractivity contribution in [1.29, 1.82) is 0 Å². The summed E-state index contributed by atoms with van der Waals surface area (Å²) in [6.45, 7) is 5.78. The maximum absolute atomic E-state index is 12.0. The lowest BCUT2D eigenvalue weighted by molar-refractivity contribution is 0.0717. The van der Waals surface area contributed by atoms with Gasteiger partial charge in [0.1, 0.15) is 0 Å². The fourth-order valence-corrected chi connectivity index (χ4v) is 5.00. The predicted octanol–water partition coefficient (Wildman–Crippen LogP) is 2.16. The molecule has 0 aromatic carbocycles. The summed E-state index contributed by atoms with van der Waals surface area (Å²) in [5.74, 6) is 2.97. The van der Waals surface area contributed by atoms with Crippen molar-refractivity contribution in [3.8, 4) is 0 Å². The number of fused-ring (bicyclic) bond motifs is 4. The van der Waals surface area contributed by atoms with Gasteiger partial charge in [-0.3, -0.25) is 9.69 Å². The van der Waals surface area contributed by atoms with E-state index in [4.69, 9.17) is 0 Å². The van der Waals surface area contributed by atoms with Crippen molar-refractivity contribution < 1.29 is 5.11 Å². The van der Waals surface area contributed by atoms with Crippen LogP contribution >= 0.6 is 11.8 Å². The van der Waals surface area contributed by atoms with Crippen molar-refractivity contribution in [2.24, 2.45) is 5.92 Å². The molecule has 5 heteroatoms. The maximum Gasteiger partial charge on any atom is 0.250 e. The predicted molar refractivity (Wildman–Crippen MR) is 96.2 cm³/mol. The van der Waals surface area contributed by atoms with Crippen LogP contribution in [0.2, 0.25) is 0 Å². The number of aliphatic hydroxyl groups is 1. The van der Waals surface area contributed by atoms with Crippen molar-refractivity contribution in [3.05, 3.63) is 34.2 Å². The number of piperidine rings is 1. The topological polar surface area (TPSA) is 45.5 Å². The van der Waals surface area contributed by atoms with E-state index in [2.05, 4.69) is 17.9 Å². The van der Waals surface area contributed by atoms with E-state index in [1.807, 2.05) is 22.4 Å². The van der Waals surface area contributed by atoms with Gasteiger partial charge in [0.25, 0.3) is 5.56 Å². The lowest BCUT2D eigenvalue weighted by atomic mass is 9.83. The van der Waals surface area contributed by atoms with E-state index in [1.54, 1.807) is 6.07 Å². The Labute approximate surface area is 142 Å². The van der Waals surface area contributed by atoms with Crippen molar-refractivity contribution >= 4 is 11.8 Å². The molecule has 0 spiro atoms. The van der Waals surface area contributed by atoms with Crippen LogP contribution in [-0.2, 0) is 6.54 Å². The van der Waals surface area contributed by atoms with Crippen LogP contribution in [0.15, 0.2) is 23.0 Å². The van der Waals surface area contributed by atoms with E-state index >= 15 is 0 Å². The molecule has 0 radical (unpaired) electrons. The lowest BCUT2D eigenvalue weighted by Gasteiger charge is -2.43. The zero-order valence-corrected chi connectivity index (χ0v) is 14.8. The SMILES string of the molecule is CCCCSC[C@H](O)CN1C[C@@H]2C[C@H](C1)c1cccc(=O)n1C2. The Morgan fingerprint density at radius 1 is 1.35 bits per heavy atom. The molecule has 2 aliphatic rings. The Balaban J connectivity index is 1.56. The number of β-amino-alcohol motifs (C(OH)–C–C–N with tert-alkyl or cyclic N) is 1. The van der Waals surface area contributed by atoms with Crippen LogP contribution in [0.1, 0.15) is 37.8 Å². The molecule has 0 saturated carbocycles. The summed E-state index contributed by atoms with van der Waals surface area (Å²) in [5, 5.41) is 10.3. The zero-order valence-electron chi connectivity index (χ0n) is 14.0. The van der Waals surface area contributed by atoms with Gasteiger partial charge in [-0.15, -0.1) is 0 Å². The number of aliphatic hydroxyl groups excluding tert-OH is 1. The number of likely N-dealkylation sites (tertiary alicyclic amines) is 1. The molecule has 128 valence electrons. The first-order chi connectivity index (χ1) is 11.2. The molecule has 0 amide bonds. The summed E-state index contributed by atoms with van der Waals surface area (Å²) in [5.41, 5.74) is 1.32. The first-order valence-electron chi connectivity index (χ1n) is 8.85. The fourth-order valence-electron chi connectivity index (χ4n) is 3.96. The highest BCUT2D eigenvalue weighted by Crippen LogP contribution is 2.34. The average Bonchev–Trinajstić information content (AvgIpc) is 2.53. The number of hydrogen-bond donors (Lipinski definition) is 1. The van der Waals surface area contributed by atoms with Crippen molar-refractivity contribution in [2.75, 3.05) is 31.1 Å². The molecule has 0 unspecified atom stereocenters. The van der Waals surface area contributed by atoms with Gasteiger partial charge in [0.2, 0.25) is 0 Å². The van der Waals surface area contributed by atoms with Gasteiger partial charge in [-0.2, -0.15) is 11.8 Å². The average molecular weight is 337 g/mol. The van der Waals surface area contributed by atoms with Crippen LogP contribution in [0.25, 0.3) is 0 Å². The van der Waals surface area contributed by atoms with Crippen molar-refractivity contribution in [3.63, 3.8) is 0 Å². The van der Waals surface area contributed by atoms with Crippen LogP contribution in [0, 0.1) is 5.92 Å². The van der Waals surface area contributed by atoms with Crippen LogP contribution in [0.4, 0.5) is 0 Å². The smallest absolute Gasteiger partial charge is 0.250 e. The first-order valence-corrected chi connectivity index (χ1v) is 10.0. The second kappa shape index (κ2) is 7.86. The highest BCUT2D eigenvalue weighted by molar-refractivity contribution is 7.99. The highest BCUT2D eigenvalue weighted by Gasteiger charge is 2.34. The van der Waals surface area contributed by atoms with E-state index in [-0.39, 0.29) is 11.7 Å². The summed E-state index contributed by atoms with van der Waals surface area (Å²) >= 11 is 1.86. The second-order valence-corrected chi connectivity index (χ2v) is 8.15. The Morgan fingerprint density at radius 3 is 3.04 bits per heavy atom. The molecule has 1 N–H and O–H groups in total. The lowest BCUT2D eigenvalue weighted by Crippen LogP contribution is -2.49. The largest absolute Gasteiger partial charge is 0.391 e. The third kappa shape index (κ3) is 4.20. The number of hydrogen-bond acceptors (Lipinski definition) is 4. The van der Waals surface area contributed by atoms with E-state index in [0.717, 1.165) is 37.7 Å². The molecule has 3 atom stereocenters. The number of rotatable bonds is 7.